The van der Waals surface area contributed by atoms with Gasteiger partial charge in [0.05, 0.1) is 10.2 Å². The number of amides is 2. The summed E-state index contributed by atoms with van der Waals surface area (Å²) in [5, 5.41) is 5.17. The molecule has 32 heavy (non-hydrogen) atoms. The molecule has 0 radical (unpaired) electrons. The molecule has 3 heterocycles. The third kappa shape index (κ3) is 4.67. The molecule has 1 fully saturated rings. The van der Waals surface area contributed by atoms with Gasteiger partial charge in [-0.15, -0.1) is 11.3 Å². The number of nitrogens with zero attached hydrogens (tertiary/aromatic N) is 3. The van der Waals surface area contributed by atoms with Crippen LogP contribution in [-0.4, -0.2) is 54.0 Å². The predicted molar refractivity (Wildman–Crippen MR) is 131 cm³/mol. The lowest BCUT2D eigenvalue weighted by atomic mass is 9.95. The molecule has 2 aromatic heterocycles. The summed E-state index contributed by atoms with van der Waals surface area (Å²) < 4.78 is 3.25. The molecule has 1 aliphatic heterocycles. The fourth-order valence-electron chi connectivity index (χ4n) is 4.57. The molecule has 1 aromatic carbocycles. The number of anilines is 1. The minimum Gasteiger partial charge on any atom is -0.370 e. The van der Waals surface area contributed by atoms with E-state index in [2.05, 4.69) is 52.2 Å². The lowest BCUT2D eigenvalue weighted by Gasteiger charge is -2.32. The summed E-state index contributed by atoms with van der Waals surface area (Å²) in [6, 6.07) is 14.4. The van der Waals surface area contributed by atoms with Gasteiger partial charge in [0.2, 0.25) is 5.91 Å². The average molecular weight is 453 g/mol. The van der Waals surface area contributed by atoms with Crippen LogP contribution in [0.2, 0.25) is 0 Å². The van der Waals surface area contributed by atoms with E-state index in [9.17, 15) is 9.59 Å². The number of aromatic nitrogens is 1. The van der Waals surface area contributed by atoms with E-state index >= 15 is 0 Å². The normalized spacial score (nSPS) is 14.6. The Hall–Kier alpha value is -2.80. The van der Waals surface area contributed by atoms with E-state index in [0.29, 0.717) is 19.6 Å². The standard InChI is InChI=1S/C25H32N4O2S/c1-3-27(20-8-6-5-7-9-20)16-13-26-24(30)19-10-14-28(15-11-19)25(31)22-18-23-21(12-17-32-23)29(22)4-2/h5-9,12,17-19H,3-4,10-11,13-16H2,1-2H3,(H,26,30). The SMILES string of the molecule is CCN(CCNC(=O)C1CCN(C(=O)c2cc3sccc3n2CC)CC1)c1ccccc1. The van der Waals surface area contributed by atoms with Crippen molar-refractivity contribution >= 4 is 39.1 Å². The van der Waals surface area contributed by atoms with Crippen molar-refractivity contribution in [2.45, 2.75) is 33.2 Å². The summed E-state index contributed by atoms with van der Waals surface area (Å²) in [4.78, 5) is 30.0. The Morgan fingerprint density at radius 3 is 2.56 bits per heavy atom. The van der Waals surface area contributed by atoms with Crippen LogP contribution < -0.4 is 10.2 Å². The number of carbonyl (C=O) groups is 2. The smallest absolute Gasteiger partial charge is 0.270 e. The summed E-state index contributed by atoms with van der Waals surface area (Å²) in [6.07, 6.45) is 1.43. The number of fused-ring (bicyclic) bond motifs is 1. The van der Waals surface area contributed by atoms with Gasteiger partial charge in [-0.3, -0.25) is 9.59 Å². The first-order valence-corrected chi connectivity index (χ1v) is 12.4. The van der Waals surface area contributed by atoms with Crippen molar-refractivity contribution in [3.05, 3.63) is 53.5 Å². The number of hydrogen-bond donors (Lipinski definition) is 1. The van der Waals surface area contributed by atoms with Gasteiger partial charge in [-0.25, -0.2) is 0 Å². The number of carbonyl (C=O) groups excluding carboxylic acids is 2. The van der Waals surface area contributed by atoms with E-state index in [0.717, 1.165) is 48.4 Å². The van der Waals surface area contributed by atoms with Crippen molar-refractivity contribution in [3.8, 4) is 0 Å². The molecule has 170 valence electrons. The van der Waals surface area contributed by atoms with Crippen molar-refractivity contribution in [2.75, 3.05) is 37.6 Å². The van der Waals surface area contributed by atoms with Gasteiger partial charge in [0.25, 0.3) is 5.91 Å². The van der Waals surface area contributed by atoms with Gasteiger partial charge in [0.15, 0.2) is 0 Å². The maximum absolute atomic E-state index is 13.1. The highest BCUT2D eigenvalue weighted by atomic mass is 32.1. The third-order valence-corrected chi connectivity index (χ3v) is 7.25. The molecule has 1 N–H and O–H groups in total. The Morgan fingerprint density at radius 2 is 1.88 bits per heavy atom. The number of benzene rings is 1. The molecule has 0 saturated carbocycles. The number of likely N-dealkylation sites (N-methyl/N-ethyl adjacent to an activating group) is 1. The highest BCUT2D eigenvalue weighted by Crippen LogP contribution is 2.27. The Kier molecular flexibility index (Phi) is 7.15. The molecule has 0 atom stereocenters. The minimum absolute atomic E-state index is 0.0210. The van der Waals surface area contributed by atoms with Crippen LogP contribution in [0, 0.1) is 5.92 Å². The van der Waals surface area contributed by atoms with Crippen LogP contribution in [0.15, 0.2) is 47.8 Å². The number of hydrogen-bond acceptors (Lipinski definition) is 4. The van der Waals surface area contributed by atoms with Crippen LogP contribution in [0.1, 0.15) is 37.2 Å². The molecule has 6 nitrogen and oxygen atoms in total. The van der Waals surface area contributed by atoms with E-state index < -0.39 is 0 Å². The first-order chi connectivity index (χ1) is 15.6. The zero-order valence-electron chi connectivity index (χ0n) is 18.9. The summed E-state index contributed by atoms with van der Waals surface area (Å²) in [7, 11) is 0. The second-order valence-corrected chi connectivity index (χ2v) is 9.16. The predicted octanol–water partition coefficient (Wildman–Crippen LogP) is 4.22. The van der Waals surface area contributed by atoms with Crippen LogP contribution in [0.5, 0.6) is 0 Å². The van der Waals surface area contributed by atoms with E-state index in [1.54, 1.807) is 11.3 Å². The lowest BCUT2D eigenvalue weighted by Crippen LogP contribution is -2.44. The second-order valence-electron chi connectivity index (χ2n) is 8.22. The minimum atomic E-state index is -0.0210. The van der Waals surface area contributed by atoms with Crippen LogP contribution in [0.4, 0.5) is 5.69 Å². The molecule has 0 spiro atoms. The summed E-state index contributed by atoms with van der Waals surface area (Å²) in [6.45, 7) is 8.54. The third-order valence-electron chi connectivity index (χ3n) is 6.40. The maximum Gasteiger partial charge on any atom is 0.270 e. The van der Waals surface area contributed by atoms with Crippen LogP contribution in [0.3, 0.4) is 0 Å². The van der Waals surface area contributed by atoms with E-state index in [1.807, 2.05) is 29.2 Å². The van der Waals surface area contributed by atoms with Crippen molar-refractivity contribution in [3.63, 3.8) is 0 Å². The van der Waals surface area contributed by atoms with Gasteiger partial charge in [0, 0.05) is 50.9 Å². The molecule has 0 aliphatic carbocycles. The number of aryl methyl sites for hydroxylation is 1. The Labute approximate surface area is 193 Å². The molecule has 4 rings (SSSR count). The monoisotopic (exact) mass is 452 g/mol. The zero-order valence-corrected chi connectivity index (χ0v) is 19.7. The van der Waals surface area contributed by atoms with E-state index in [4.69, 9.17) is 0 Å². The summed E-state index contributed by atoms with van der Waals surface area (Å²) in [5.74, 6) is 0.168. The maximum atomic E-state index is 13.1. The van der Waals surface area contributed by atoms with Crippen molar-refractivity contribution < 1.29 is 9.59 Å². The van der Waals surface area contributed by atoms with Gasteiger partial charge in [0.1, 0.15) is 5.69 Å². The fraction of sp³-hybridized carbons (Fsp3) is 0.440. The number of nitrogens with one attached hydrogen (secondary N) is 1. The van der Waals surface area contributed by atoms with Crippen molar-refractivity contribution in [2.24, 2.45) is 5.92 Å². The van der Waals surface area contributed by atoms with Gasteiger partial charge in [-0.2, -0.15) is 0 Å². The molecular formula is C25H32N4O2S. The number of thiophene rings is 1. The molecule has 1 aliphatic rings. The number of piperidine rings is 1. The summed E-state index contributed by atoms with van der Waals surface area (Å²) >= 11 is 1.67. The molecular weight excluding hydrogens is 420 g/mol. The molecule has 0 bridgehead atoms. The van der Waals surface area contributed by atoms with Gasteiger partial charge < -0.3 is 19.7 Å². The average Bonchev–Trinajstić information content (AvgIpc) is 3.43. The number of para-hydroxylation sites is 1. The molecule has 1 saturated heterocycles. The van der Waals surface area contributed by atoms with Crippen LogP contribution in [-0.2, 0) is 11.3 Å². The van der Waals surface area contributed by atoms with Crippen molar-refractivity contribution in [1.82, 2.24) is 14.8 Å². The highest BCUT2D eigenvalue weighted by molar-refractivity contribution is 7.17. The van der Waals surface area contributed by atoms with Gasteiger partial charge in [-0.05, 0) is 56.3 Å². The second kappa shape index (κ2) is 10.2. The molecule has 3 aromatic rings. The number of likely N-dealkylation sites (tertiary alicyclic amines) is 1. The fourth-order valence-corrected chi connectivity index (χ4v) is 5.39. The lowest BCUT2D eigenvalue weighted by molar-refractivity contribution is -0.126. The van der Waals surface area contributed by atoms with Crippen LogP contribution in [0.25, 0.3) is 10.2 Å². The van der Waals surface area contributed by atoms with E-state index in [-0.39, 0.29) is 17.7 Å². The molecule has 0 unspecified atom stereocenters. The Balaban J connectivity index is 1.27. The van der Waals surface area contributed by atoms with Crippen molar-refractivity contribution in [1.29, 1.82) is 0 Å². The van der Waals surface area contributed by atoms with Crippen LogP contribution >= 0.6 is 11.3 Å². The van der Waals surface area contributed by atoms with E-state index in [1.165, 1.54) is 5.69 Å². The first kappa shape index (κ1) is 22.4. The van der Waals surface area contributed by atoms with Gasteiger partial charge >= 0.3 is 0 Å². The quantitative estimate of drug-likeness (QED) is 0.557. The Bertz CT molecular complexity index is 1050. The Morgan fingerprint density at radius 1 is 1.12 bits per heavy atom. The highest BCUT2D eigenvalue weighted by Gasteiger charge is 2.29. The zero-order chi connectivity index (χ0) is 22.5. The number of rotatable bonds is 8. The van der Waals surface area contributed by atoms with Gasteiger partial charge in [-0.1, -0.05) is 18.2 Å². The molecule has 7 heteroatoms. The largest absolute Gasteiger partial charge is 0.370 e. The summed E-state index contributed by atoms with van der Waals surface area (Å²) in [5.41, 5.74) is 3.07. The topological polar surface area (TPSA) is 57.6 Å². The first-order valence-electron chi connectivity index (χ1n) is 11.6. The molecule has 2 amide bonds.